The highest BCUT2D eigenvalue weighted by Gasteiger charge is 2.06. The van der Waals surface area contributed by atoms with Crippen molar-refractivity contribution in [3.05, 3.63) is 67.0 Å². The minimum absolute atomic E-state index is 1.02. The van der Waals surface area contributed by atoms with Crippen LogP contribution in [0.3, 0.4) is 0 Å². The van der Waals surface area contributed by atoms with E-state index in [0.29, 0.717) is 0 Å². The zero-order valence-electron chi connectivity index (χ0n) is 10.8. The summed E-state index contributed by atoms with van der Waals surface area (Å²) in [6.07, 6.45) is 3.80. The number of hydrogen-bond donors (Lipinski definition) is 2. The molecule has 2 N–H and O–H groups in total. The maximum atomic E-state index is 4.34. The molecule has 0 saturated heterocycles. The molecule has 0 amide bonds. The Morgan fingerprint density at radius 2 is 1.75 bits per heavy atom. The Labute approximate surface area is 116 Å². The monoisotopic (exact) mass is 259 g/mol. The van der Waals surface area contributed by atoms with Crippen LogP contribution >= 0.6 is 0 Å². The van der Waals surface area contributed by atoms with Gasteiger partial charge in [-0.05, 0) is 36.4 Å². The molecular weight excluding hydrogens is 246 g/mol. The highest BCUT2D eigenvalue weighted by Crippen LogP contribution is 2.29. The SMILES string of the molecule is c1ccc(Nc2cc[nH]c3c2ccc2nccc23)cc1. The summed E-state index contributed by atoms with van der Waals surface area (Å²) in [5.74, 6) is 0. The van der Waals surface area contributed by atoms with Gasteiger partial charge in [-0.1, -0.05) is 18.2 Å². The molecule has 0 aliphatic rings. The van der Waals surface area contributed by atoms with Crippen LogP contribution in [0.25, 0.3) is 21.8 Å². The summed E-state index contributed by atoms with van der Waals surface area (Å²) in [7, 11) is 0. The van der Waals surface area contributed by atoms with Crippen LogP contribution in [-0.4, -0.2) is 9.97 Å². The number of anilines is 2. The summed E-state index contributed by atoms with van der Waals surface area (Å²) in [5.41, 5.74) is 4.31. The predicted octanol–water partition coefficient (Wildman–Crippen LogP) is 4.46. The van der Waals surface area contributed by atoms with E-state index < -0.39 is 0 Å². The van der Waals surface area contributed by atoms with Gasteiger partial charge in [0.25, 0.3) is 0 Å². The maximum absolute atomic E-state index is 4.34. The van der Waals surface area contributed by atoms with Crippen molar-refractivity contribution in [1.82, 2.24) is 9.97 Å². The van der Waals surface area contributed by atoms with Gasteiger partial charge in [-0.15, -0.1) is 0 Å². The molecule has 0 spiro atoms. The van der Waals surface area contributed by atoms with Crippen LogP contribution < -0.4 is 5.32 Å². The molecule has 96 valence electrons. The van der Waals surface area contributed by atoms with E-state index in [1.165, 1.54) is 0 Å². The maximum Gasteiger partial charge on any atom is 0.0723 e. The van der Waals surface area contributed by atoms with Gasteiger partial charge < -0.3 is 10.3 Å². The van der Waals surface area contributed by atoms with Crippen molar-refractivity contribution in [3.63, 3.8) is 0 Å². The Morgan fingerprint density at radius 3 is 2.65 bits per heavy atom. The normalized spacial score (nSPS) is 11.0. The molecule has 4 aromatic rings. The van der Waals surface area contributed by atoms with Gasteiger partial charge in [0, 0.05) is 34.5 Å². The molecule has 2 heterocycles. The van der Waals surface area contributed by atoms with Gasteiger partial charge in [0.15, 0.2) is 0 Å². The molecular formula is C17H13N3. The number of hydrogen-bond acceptors (Lipinski definition) is 2. The number of pyridine rings is 1. The number of aromatic amines is 1. The molecule has 0 bridgehead atoms. The van der Waals surface area contributed by atoms with E-state index in [-0.39, 0.29) is 0 Å². The summed E-state index contributed by atoms with van der Waals surface area (Å²) >= 11 is 0. The summed E-state index contributed by atoms with van der Waals surface area (Å²) in [4.78, 5) is 7.67. The molecule has 3 heteroatoms. The lowest BCUT2D eigenvalue weighted by atomic mass is 10.1. The fraction of sp³-hybridized carbons (Fsp3) is 0. The van der Waals surface area contributed by atoms with Crippen LogP contribution in [0.1, 0.15) is 0 Å². The fourth-order valence-corrected chi connectivity index (χ4v) is 2.55. The van der Waals surface area contributed by atoms with E-state index >= 15 is 0 Å². The molecule has 0 aliphatic heterocycles. The highest BCUT2D eigenvalue weighted by atomic mass is 14.9. The van der Waals surface area contributed by atoms with Crippen molar-refractivity contribution >= 4 is 33.2 Å². The molecule has 20 heavy (non-hydrogen) atoms. The van der Waals surface area contributed by atoms with Gasteiger partial charge in [-0.3, -0.25) is 4.98 Å². The van der Waals surface area contributed by atoms with Crippen molar-refractivity contribution < 1.29 is 0 Å². The Hall–Kier alpha value is -2.81. The number of H-pyrrole nitrogens is 1. The second-order valence-corrected chi connectivity index (χ2v) is 4.75. The van der Waals surface area contributed by atoms with E-state index in [9.17, 15) is 0 Å². The first-order chi connectivity index (χ1) is 9.92. The largest absolute Gasteiger partial charge is 0.361 e. The van der Waals surface area contributed by atoms with Gasteiger partial charge in [0.2, 0.25) is 0 Å². The van der Waals surface area contributed by atoms with Crippen LogP contribution in [-0.2, 0) is 0 Å². The van der Waals surface area contributed by atoms with Crippen LogP contribution in [0, 0.1) is 0 Å². The average Bonchev–Trinajstić information content (AvgIpc) is 2.97. The Balaban J connectivity index is 1.91. The van der Waals surface area contributed by atoms with Crippen molar-refractivity contribution in [3.8, 4) is 0 Å². The molecule has 0 radical (unpaired) electrons. The number of aromatic nitrogens is 2. The van der Waals surface area contributed by atoms with Crippen molar-refractivity contribution in [1.29, 1.82) is 0 Å². The van der Waals surface area contributed by atoms with Crippen LogP contribution in [0.2, 0.25) is 0 Å². The third-order valence-electron chi connectivity index (χ3n) is 3.50. The summed E-state index contributed by atoms with van der Waals surface area (Å²) in [6, 6.07) is 18.4. The molecule has 4 rings (SSSR count). The summed E-state index contributed by atoms with van der Waals surface area (Å²) in [6.45, 7) is 0. The van der Waals surface area contributed by atoms with Crippen LogP contribution in [0.15, 0.2) is 67.0 Å². The Bertz CT molecular complexity index is 878. The van der Waals surface area contributed by atoms with E-state index in [2.05, 4.69) is 45.6 Å². The number of fused-ring (bicyclic) bond motifs is 3. The lowest BCUT2D eigenvalue weighted by molar-refractivity contribution is 1.42. The number of nitrogens with one attached hydrogen (secondary N) is 2. The van der Waals surface area contributed by atoms with Gasteiger partial charge in [0.1, 0.15) is 0 Å². The average molecular weight is 259 g/mol. The first-order valence-electron chi connectivity index (χ1n) is 6.59. The first-order valence-corrected chi connectivity index (χ1v) is 6.59. The topological polar surface area (TPSA) is 40.7 Å². The molecule has 2 aromatic heterocycles. The quantitative estimate of drug-likeness (QED) is 0.558. The molecule has 3 nitrogen and oxygen atoms in total. The van der Waals surface area contributed by atoms with E-state index in [4.69, 9.17) is 0 Å². The Kier molecular flexibility index (Phi) is 2.42. The molecule has 0 saturated carbocycles. The molecule has 2 aromatic carbocycles. The molecule has 0 aliphatic carbocycles. The van der Waals surface area contributed by atoms with Crippen molar-refractivity contribution in [2.24, 2.45) is 0 Å². The summed E-state index contributed by atoms with van der Waals surface area (Å²) < 4.78 is 0. The van der Waals surface area contributed by atoms with Crippen molar-refractivity contribution in [2.45, 2.75) is 0 Å². The van der Waals surface area contributed by atoms with E-state index in [1.54, 1.807) is 0 Å². The number of rotatable bonds is 2. The van der Waals surface area contributed by atoms with Crippen molar-refractivity contribution in [2.75, 3.05) is 5.32 Å². The van der Waals surface area contributed by atoms with E-state index in [1.807, 2.05) is 36.7 Å². The first kappa shape index (κ1) is 11.1. The van der Waals surface area contributed by atoms with Crippen LogP contribution in [0.5, 0.6) is 0 Å². The minimum Gasteiger partial charge on any atom is -0.361 e. The zero-order valence-corrected chi connectivity index (χ0v) is 10.8. The smallest absolute Gasteiger partial charge is 0.0723 e. The molecule has 0 unspecified atom stereocenters. The van der Waals surface area contributed by atoms with Gasteiger partial charge >= 0.3 is 0 Å². The zero-order chi connectivity index (χ0) is 13.4. The number of benzene rings is 2. The highest BCUT2D eigenvalue weighted by molar-refractivity contribution is 6.08. The van der Waals surface area contributed by atoms with Gasteiger partial charge in [-0.2, -0.15) is 0 Å². The molecule has 0 atom stereocenters. The summed E-state index contributed by atoms with van der Waals surface area (Å²) in [5, 5.41) is 5.78. The minimum atomic E-state index is 1.02. The second-order valence-electron chi connectivity index (χ2n) is 4.75. The third-order valence-corrected chi connectivity index (χ3v) is 3.50. The lowest BCUT2D eigenvalue weighted by Crippen LogP contribution is -1.92. The fourth-order valence-electron chi connectivity index (χ4n) is 2.55. The molecule has 0 fully saturated rings. The van der Waals surface area contributed by atoms with Gasteiger partial charge in [-0.25, -0.2) is 0 Å². The standard InChI is InChI=1S/C17H13N3/c1-2-4-12(5-3-1)20-16-9-11-19-17-13(16)6-7-15-14(17)8-10-18-15/h1-11,19-20H. The van der Waals surface area contributed by atoms with E-state index in [0.717, 1.165) is 33.2 Å². The number of para-hydroxylation sites is 1. The Morgan fingerprint density at radius 1 is 0.850 bits per heavy atom. The lowest BCUT2D eigenvalue weighted by Gasteiger charge is -2.10. The van der Waals surface area contributed by atoms with Crippen LogP contribution in [0.4, 0.5) is 11.4 Å². The third kappa shape index (κ3) is 1.72. The number of nitrogens with zero attached hydrogens (tertiary/aromatic N) is 1. The second kappa shape index (κ2) is 4.38. The van der Waals surface area contributed by atoms with Gasteiger partial charge in [0.05, 0.1) is 11.0 Å². The predicted molar refractivity (Wildman–Crippen MR) is 83.3 cm³/mol.